The van der Waals surface area contributed by atoms with Crippen LogP contribution in [0.2, 0.25) is 0 Å². The van der Waals surface area contributed by atoms with Crippen molar-refractivity contribution in [3.05, 3.63) is 48.0 Å². The van der Waals surface area contributed by atoms with Gasteiger partial charge in [-0.1, -0.05) is 18.2 Å². The second kappa shape index (κ2) is 9.31. The Bertz CT molecular complexity index is 774. The predicted octanol–water partition coefficient (Wildman–Crippen LogP) is 2.57. The molecule has 0 radical (unpaired) electrons. The van der Waals surface area contributed by atoms with E-state index in [0.29, 0.717) is 22.9 Å². The van der Waals surface area contributed by atoms with Gasteiger partial charge in [0, 0.05) is 0 Å². The molecule has 0 bridgehead atoms. The zero-order valence-corrected chi connectivity index (χ0v) is 14.9. The van der Waals surface area contributed by atoms with Crippen LogP contribution < -0.4 is 19.5 Å². The molecule has 0 atom stereocenters. The van der Waals surface area contributed by atoms with Gasteiger partial charge in [0.25, 0.3) is 5.91 Å². The van der Waals surface area contributed by atoms with E-state index in [0.717, 1.165) is 5.56 Å². The monoisotopic (exact) mass is 359 g/mol. The summed E-state index contributed by atoms with van der Waals surface area (Å²) in [7, 11) is 3.02. The molecule has 0 saturated carbocycles. The van der Waals surface area contributed by atoms with E-state index in [9.17, 15) is 9.59 Å². The molecule has 0 unspecified atom stereocenters. The van der Waals surface area contributed by atoms with Gasteiger partial charge in [-0.15, -0.1) is 0 Å². The standard InChI is InChI=1S/C19H21NO6/c1-13-8-9-16(17(10-13)24-3)25-12-19(22)26-11-18(21)20-14-6-4-5-7-15(14)23-2/h4-10H,11-12H2,1-3H3,(H,20,21). The highest BCUT2D eigenvalue weighted by molar-refractivity contribution is 5.94. The highest BCUT2D eigenvalue weighted by Crippen LogP contribution is 2.27. The van der Waals surface area contributed by atoms with Crippen LogP contribution in [-0.4, -0.2) is 39.3 Å². The highest BCUT2D eigenvalue weighted by Gasteiger charge is 2.12. The van der Waals surface area contributed by atoms with E-state index < -0.39 is 18.5 Å². The van der Waals surface area contributed by atoms with E-state index in [2.05, 4.69) is 5.32 Å². The summed E-state index contributed by atoms with van der Waals surface area (Å²) < 4.78 is 20.6. The van der Waals surface area contributed by atoms with Crippen LogP contribution in [0.1, 0.15) is 5.56 Å². The predicted molar refractivity (Wildman–Crippen MR) is 95.8 cm³/mol. The number of benzene rings is 2. The van der Waals surface area contributed by atoms with Gasteiger partial charge in [0.1, 0.15) is 5.75 Å². The van der Waals surface area contributed by atoms with Crippen molar-refractivity contribution >= 4 is 17.6 Å². The number of esters is 1. The summed E-state index contributed by atoms with van der Waals surface area (Å²) in [6.07, 6.45) is 0. The minimum atomic E-state index is -0.664. The summed E-state index contributed by atoms with van der Waals surface area (Å²) in [5.41, 5.74) is 1.50. The Morgan fingerprint density at radius 2 is 1.65 bits per heavy atom. The van der Waals surface area contributed by atoms with Crippen molar-refractivity contribution in [2.24, 2.45) is 0 Å². The van der Waals surface area contributed by atoms with Crippen molar-refractivity contribution in [2.45, 2.75) is 6.92 Å². The molecule has 0 aliphatic carbocycles. The molecule has 1 amide bonds. The van der Waals surface area contributed by atoms with E-state index in [1.54, 1.807) is 36.4 Å². The number of carbonyl (C=O) groups excluding carboxylic acids is 2. The maximum absolute atomic E-state index is 11.9. The summed E-state index contributed by atoms with van der Waals surface area (Å²) in [6, 6.07) is 12.3. The number of aryl methyl sites for hydroxylation is 1. The fourth-order valence-corrected chi connectivity index (χ4v) is 2.15. The van der Waals surface area contributed by atoms with Gasteiger partial charge in [-0.3, -0.25) is 4.79 Å². The fraction of sp³-hybridized carbons (Fsp3) is 0.263. The molecule has 26 heavy (non-hydrogen) atoms. The Morgan fingerprint density at radius 3 is 2.38 bits per heavy atom. The Morgan fingerprint density at radius 1 is 0.923 bits per heavy atom. The van der Waals surface area contributed by atoms with Crippen LogP contribution in [0.3, 0.4) is 0 Å². The fourth-order valence-electron chi connectivity index (χ4n) is 2.15. The van der Waals surface area contributed by atoms with Crippen LogP contribution in [0.4, 0.5) is 5.69 Å². The number of para-hydroxylation sites is 2. The van der Waals surface area contributed by atoms with Crippen LogP contribution in [0.15, 0.2) is 42.5 Å². The quantitative estimate of drug-likeness (QED) is 0.730. The second-order valence-corrected chi connectivity index (χ2v) is 5.35. The summed E-state index contributed by atoms with van der Waals surface area (Å²) in [5, 5.41) is 2.61. The largest absolute Gasteiger partial charge is 0.495 e. The maximum atomic E-state index is 11.9. The van der Waals surface area contributed by atoms with Crippen molar-refractivity contribution in [1.29, 1.82) is 0 Å². The summed E-state index contributed by atoms with van der Waals surface area (Å²) in [6.45, 7) is 1.16. The third-order valence-corrected chi connectivity index (χ3v) is 3.41. The molecule has 7 heteroatoms. The van der Waals surface area contributed by atoms with Crippen molar-refractivity contribution in [3.8, 4) is 17.2 Å². The van der Waals surface area contributed by atoms with Gasteiger partial charge in [0.05, 0.1) is 19.9 Å². The van der Waals surface area contributed by atoms with Crippen molar-refractivity contribution in [2.75, 3.05) is 32.8 Å². The first kappa shape index (κ1) is 19.1. The zero-order valence-electron chi connectivity index (χ0n) is 14.9. The third-order valence-electron chi connectivity index (χ3n) is 3.41. The van der Waals surface area contributed by atoms with E-state index in [4.69, 9.17) is 18.9 Å². The summed E-state index contributed by atoms with van der Waals surface area (Å²) in [4.78, 5) is 23.7. The van der Waals surface area contributed by atoms with Gasteiger partial charge in [0.2, 0.25) is 0 Å². The zero-order chi connectivity index (χ0) is 18.9. The molecule has 0 fully saturated rings. The molecule has 2 aromatic rings. The van der Waals surface area contributed by atoms with Crippen molar-refractivity contribution in [3.63, 3.8) is 0 Å². The minimum absolute atomic E-state index is 0.332. The number of methoxy groups -OCH3 is 2. The molecule has 138 valence electrons. The van der Waals surface area contributed by atoms with E-state index in [-0.39, 0.29) is 6.61 Å². The van der Waals surface area contributed by atoms with Crippen LogP contribution in [0, 0.1) is 6.92 Å². The van der Waals surface area contributed by atoms with Crippen LogP contribution >= 0.6 is 0 Å². The van der Waals surface area contributed by atoms with Crippen molar-refractivity contribution in [1.82, 2.24) is 0 Å². The Labute approximate surface area is 151 Å². The summed E-state index contributed by atoms with van der Waals surface area (Å²) in [5.74, 6) is 0.320. The molecule has 0 saturated heterocycles. The number of carbonyl (C=O) groups is 2. The van der Waals surface area contributed by atoms with Gasteiger partial charge in [-0.2, -0.15) is 0 Å². The molecule has 0 aromatic heterocycles. The van der Waals surface area contributed by atoms with Gasteiger partial charge in [0.15, 0.2) is 24.7 Å². The lowest BCUT2D eigenvalue weighted by Crippen LogP contribution is -2.23. The van der Waals surface area contributed by atoms with Gasteiger partial charge in [-0.05, 0) is 36.8 Å². The van der Waals surface area contributed by atoms with Gasteiger partial charge >= 0.3 is 5.97 Å². The lowest BCUT2D eigenvalue weighted by Gasteiger charge is -2.12. The molecular formula is C19H21NO6. The molecule has 0 aliphatic rings. The third kappa shape index (κ3) is 5.41. The van der Waals surface area contributed by atoms with E-state index >= 15 is 0 Å². The molecule has 7 nitrogen and oxygen atoms in total. The topological polar surface area (TPSA) is 83.1 Å². The van der Waals surface area contributed by atoms with Crippen molar-refractivity contribution < 1.29 is 28.5 Å². The molecule has 0 aliphatic heterocycles. The number of rotatable bonds is 8. The lowest BCUT2D eigenvalue weighted by molar-refractivity contribution is -0.149. The normalized spacial score (nSPS) is 9.96. The molecule has 0 heterocycles. The maximum Gasteiger partial charge on any atom is 0.344 e. The Balaban J connectivity index is 1.80. The van der Waals surface area contributed by atoms with Crippen LogP contribution in [0.25, 0.3) is 0 Å². The average Bonchev–Trinajstić information content (AvgIpc) is 2.65. The molecule has 0 spiro atoms. The van der Waals surface area contributed by atoms with Gasteiger partial charge < -0.3 is 24.3 Å². The molecular weight excluding hydrogens is 338 g/mol. The Hall–Kier alpha value is -3.22. The first-order chi connectivity index (χ1) is 12.5. The number of anilines is 1. The minimum Gasteiger partial charge on any atom is -0.495 e. The number of hydrogen-bond acceptors (Lipinski definition) is 6. The Kier molecular flexibility index (Phi) is 6.84. The number of nitrogens with one attached hydrogen (secondary N) is 1. The first-order valence-electron chi connectivity index (χ1n) is 7.89. The van der Waals surface area contributed by atoms with E-state index in [1.807, 2.05) is 13.0 Å². The van der Waals surface area contributed by atoms with Crippen LogP contribution in [0.5, 0.6) is 17.2 Å². The smallest absolute Gasteiger partial charge is 0.344 e. The lowest BCUT2D eigenvalue weighted by atomic mass is 10.2. The molecule has 1 N–H and O–H groups in total. The van der Waals surface area contributed by atoms with E-state index in [1.165, 1.54) is 14.2 Å². The SMILES string of the molecule is COc1ccccc1NC(=O)COC(=O)COc1ccc(C)cc1OC. The van der Waals surface area contributed by atoms with Crippen LogP contribution in [-0.2, 0) is 14.3 Å². The molecule has 2 aromatic carbocycles. The summed E-state index contributed by atoms with van der Waals surface area (Å²) >= 11 is 0. The highest BCUT2D eigenvalue weighted by atomic mass is 16.6. The first-order valence-corrected chi connectivity index (χ1v) is 7.89. The number of ether oxygens (including phenoxy) is 4. The van der Waals surface area contributed by atoms with Gasteiger partial charge in [-0.25, -0.2) is 4.79 Å². The average molecular weight is 359 g/mol. The second-order valence-electron chi connectivity index (χ2n) is 5.35. The number of amides is 1. The molecule has 2 rings (SSSR count). The number of hydrogen-bond donors (Lipinski definition) is 1.